The number of rotatable bonds is 6. The number of aryl methyl sites for hydroxylation is 2. The fraction of sp³-hybridized carbons (Fsp3) is 0.500. The van der Waals surface area contributed by atoms with Crippen LogP contribution in [0.4, 0.5) is 11.5 Å². The number of halogens is 1. The molecule has 0 amide bonds. The summed E-state index contributed by atoms with van der Waals surface area (Å²) in [6.07, 6.45) is 3.31. The van der Waals surface area contributed by atoms with Crippen molar-refractivity contribution in [1.82, 2.24) is 19.7 Å². The zero-order chi connectivity index (χ0) is 15.4. The Morgan fingerprint density at radius 1 is 1.24 bits per heavy atom. The van der Waals surface area contributed by atoms with Gasteiger partial charge in [-0.15, -0.1) is 0 Å². The molecule has 2 rings (SSSR count). The summed E-state index contributed by atoms with van der Waals surface area (Å²) in [5, 5.41) is 11.3. The van der Waals surface area contributed by atoms with Gasteiger partial charge in [0.25, 0.3) is 0 Å². The molecule has 21 heavy (non-hydrogen) atoms. The lowest BCUT2D eigenvalue weighted by Crippen LogP contribution is -2.08. The third-order valence-corrected chi connectivity index (χ3v) is 3.80. The Kier molecular flexibility index (Phi) is 5.01. The summed E-state index contributed by atoms with van der Waals surface area (Å²) in [5.74, 6) is 0.699. The van der Waals surface area contributed by atoms with Gasteiger partial charge in [-0.1, -0.05) is 25.4 Å². The monoisotopic (exact) mass is 308 g/mol. The Hall–Kier alpha value is -1.82. The fourth-order valence-corrected chi connectivity index (χ4v) is 2.71. The molecule has 0 bridgehead atoms. The summed E-state index contributed by atoms with van der Waals surface area (Å²) in [4.78, 5) is 8.22. The number of nitrogens with one attached hydrogen (secondary N) is 2. The van der Waals surface area contributed by atoms with Crippen molar-refractivity contribution in [3.63, 3.8) is 0 Å². The van der Waals surface area contributed by atoms with Crippen molar-refractivity contribution in [3.05, 3.63) is 28.4 Å². The number of nitrogens with zero attached hydrogens (tertiary/aromatic N) is 4. The Morgan fingerprint density at radius 2 is 2.00 bits per heavy atom. The molecule has 0 aliphatic heterocycles. The highest BCUT2D eigenvalue weighted by atomic mass is 35.5. The first-order valence-electron chi connectivity index (χ1n) is 7.08. The normalized spacial score (nSPS) is 10.7. The second kappa shape index (κ2) is 6.76. The second-order valence-electron chi connectivity index (χ2n) is 4.69. The van der Waals surface area contributed by atoms with E-state index in [9.17, 15) is 0 Å². The van der Waals surface area contributed by atoms with E-state index in [0.29, 0.717) is 23.2 Å². The van der Waals surface area contributed by atoms with Crippen LogP contribution >= 0.6 is 11.6 Å². The summed E-state index contributed by atoms with van der Waals surface area (Å²) < 4.78 is 1.96. The maximum absolute atomic E-state index is 6.06. The van der Waals surface area contributed by atoms with Gasteiger partial charge in [0.2, 0.25) is 0 Å². The molecule has 0 spiro atoms. The average molecular weight is 309 g/mol. The highest BCUT2D eigenvalue weighted by Gasteiger charge is 2.15. The number of hydrogen-bond acceptors (Lipinski definition) is 5. The molecule has 2 aromatic rings. The third kappa shape index (κ3) is 3.10. The second-order valence-corrected chi connectivity index (χ2v) is 5.05. The van der Waals surface area contributed by atoms with E-state index in [1.807, 2.05) is 11.7 Å². The van der Waals surface area contributed by atoms with Crippen LogP contribution in [0.25, 0.3) is 0 Å². The van der Waals surface area contributed by atoms with Gasteiger partial charge in [0, 0.05) is 31.9 Å². The first-order valence-corrected chi connectivity index (χ1v) is 7.45. The molecule has 6 nitrogen and oxygen atoms in total. The van der Waals surface area contributed by atoms with Crippen LogP contribution < -0.4 is 10.6 Å². The Labute approximate surface area is 129 Å². The van der Waals surface area contributed by atoms with Gasteiger partial charge in [-0.05, 0) is 12.8 Å². The molecule has 114 valence electrons. The fourth-order valence-electron chi connectivity index (χ4n) is 2.49. The van der Waals surface area contributed by atoms with Gasteiger partial charge in [0.05, 0.1) is 5.69 Å². The summed E-state index contributed by atoms with van der Waals surface area (Å²) in [6, 6.07) is 0. The van der Waals surface area contributed by atoms with E-state index >= 15 is 0 Å². The van der Waals surface area contributed by atoms with E-state index < -0.39 is 0 Å². The zero-order valence-electron chi connectivity index (χ0n) is 12.9. The van der Waals surface area contributed by atoms with Crippen LogP contribution in [0.5, 0.6) is 0 Å². The minimum atomic E-state index is 0.410. The van der Waals surface area contributed by atoms with E-state index in [4.69, 9.17) is 11.6 Å². The first-order chi connectivity index (χ1) is 10.1. The molecule has 0 unspecified atom stereocenters. The molecule has 0 saturated heterocycles. The zero-order valence-corrected chi connectivity index (χ0v) is 13.6. The van der Waals surface area contributed by atoms with E-state index in [-0.39, 0.29) is 0 Å². The van der Waals surface area contributed by atoms with Crippen LogP contribution in [0.15, 0.2) is 6.33 Å². The van der Waals surface area contributed by atoms with Crippen molar-refractivity contribution in [2.75, 3.05) is 17.7 Å². The van der Waals surface area contributed by atoms with Crippen molar-refractivity contribution >= 4 is 23.1 Å². The average Bonchev–Trinajstić information content (AvgIpc) is 2.80. The van der Waals surface area contributed by atoms with Crippen molar-refractivity contribution in [2.24, 2.45) is 7.05 Å². The minimum Gasteiger partial charge on any atom is -0.383 e. The molecular weight excluding hydrogens is 288 g/mol. The van der Waals surface area contributed by atoms with Gasteiger partial charge >= 0.3 is 0 Å². The maximum Gasteiger partial charge on any atom is 0.157 e. The molecule has 0 radical (unpaired) electrons. The van der Waals surface area contributed by atoms with Crippen LogP contribution in [0.2, 0.25) is 5.15 Å². The Bertz CT molecular complexity index is 622. The van der Waals surface area contributed by atoms with Crippen LogP contribution in [-0.4, -0.2) is 26.8 Å². The molecule has 7 heteroatoms. The molecule has 0 fully saturated rings. The number of anilines is 2. The summed E-state index contributed by atoms with van der Waals surface area (Å²) >= 11 is 6.06. The van der Waals surface area contributed by atoms with Crippen molar-refractivity contribution in [2.45, 2.75) is 33.2 Å². The third-order valence-electron chi connectivity index (χ3n) is 3.51. The molecule has 0 aliphatic carbocycles. The molecule has 2 N–H and O–H groups in total. The predicted octanol–water partition coefficient (Wildman–Crippen LogP) is 2.64. The van der Waals surface area contributed by atoms with Gasteiger partial charge in [-0.3, -0.25) is 4.68 Å². The van der Waals surface area contributed by atoms with Crippen LogP contribution in [0.1, 0.15) is 30.8 Å². The summed E-state index contributed by atoms with van der Waals surface area (Å²) in [5.41, 5.74) is 4.30. The SMILES string of the molecule is CCc1nn(C)c(CC)c1CNc1ncnc(Cl)c1NC. The Balaban J connectivity index is 2.26. The lowest BCUT2D eigenvalue weighted by molar-refractivity contribution is 0.703. The van der Waals surface area contributed by atoms with Gasteiger partial charge in [-0.2, -0.15) is 5.10 Å². The minimum absolute atomic E-state index is 0.410. The number of aromatic nitrogens is 4. The van der Waals surface area contributed by atoms with E-state index in [1.54, 1.807) is 7.05 Å². The van der Waals surface area contributed by atoms with Crippen molar-refractivity contribution < 1.29 is 0 Å². The predicted molar refractivity (Wildman–Crippen MR) is 85.9 cm³/mol. The topological polar surface area (TPSA) is 67.7 Å². The molecule has 0 atom stereocenters. The molecule has 2 aromatic heterocycles. The van der Waals surface area contributed by atoms with Gasteiger partial charge < -0.3 is 10.6 Å². The van der Waals surface area contributed by atoms with Crippen molar-refractivity contribution in [1.29, 1.82) is 0 Å². The van der Waals surface area contributed by atoms with E-state index in [1.165, 1.54) is 17.6 Å². The highest BCUT2D eigenvalue weighted by Crippen LogP contribution is 2.26. The molecule has 2 heterocycles. The van der Waals surface area contributed by atoms with Gasteiger partial charge in [0.1, 0.15) is 12.0 Å². The van der Waals surface area contributed by atoms with Gasteiger partial charge in [0.15, 0.2) is 11.0 Å². The van der Waals surface area contributed by atoms with E-state index in [0.717, 1.165) is 18.5 Å². The smallest absolute Gasteiger partial charge is 0.157 e. The lowest BCUT2D eigenvalue weighted by Gasteiger charge is -2.12. The van der Waals surface area contributed by atoms with Gasteiger partial charge in [-0.25, -0.2) is 9.97 Å². The maximum atomic E-state index is 6.06. The van der Waals surface area contributed by atoms with Crippen LogP contribution in [0, 0.1) is 0 Å². The quantitative estimate of drug-likeness (QED) is 0.803. The molecule has 0 aromatic carbocycles. The first kappa shape index (κ1) is 15.6. The lowest BCUT2D eigenvalue weighted by atomic mass is 10.1. The molecule has 0 aliphatic rings. The molecule has 0 saturated carbocycles. The molecular formula is C14H21ClN6. The van der Waals surface area contributed by atoms with Crippen LogP contribution in [0.3, 0.4) is 0 Å². The summed E-state index contributed by atoms with van der Waals surface area (Å²) in [7, 11) is 3.79. The summed E-state index contributed by atoms with van der Waals surface area (Å²) in [6.45, 7) is 4.93. The number of hydrogen-bond donors (Lipinski definition) is 2. The van der Waals surface area contributed by atoms with Crippen molar-refractivity contribution in [3.8, 4) is 0 Å². The van der Waals surface area contributed by atoms with E-state index in [2.05, 4.69) is 39.5 Å². The standard InChI is InChI=1S/C14H21ClN6/c1-5-10-9(11(6-2)21(4)20-10)7-17-14-12(16-3)13(15)18-8-19-14/h8,16H,5-7H2,1-4H3,(H,17,18,19). The Morgan fingerprint density at radius 3 is 2.62 bits per heavy atom. The highest BCUT2D eigenvalue weighted by molar-refractivity contribution is 6.32. The van der Waals surface area contributed by atoms with Crippen LogP contribution in [-0.2, 0) is 26.4 Å². The largest absolute Gasteiger partial charge is 0.383 e.